The number of hydrogen-bond acceptors (Lipinski definition) is 9. The first-order chi connectivity index (χ1) is 24.8. The topological polar surface area (TPSA) is 102 Å². The Morgan fingerprint density at radius 2 is 1.57 bits per heavy atom. The second kappa shape index (κ2) is 15.2. The molecule has 1 aliphatic rings. The van der Waals surface area contributed by atoms with Crippen molar-refractivity contribution in [1.82, 2.24) is 10.2 Å². The zero-order valence-electron chi connectivity index (χ0n) is 27.2. The number of aliphatic hydroxyl groups excluding tert-OH is 1. The maximum absolute atomic E-state index is 13.8. The van der Waals surface area contributed by atoms with Gasteiger partial charge in [-0.15, -0.1) is 10.2 Å². The van der Waals surface area contributed by atoms with Crippen LogP contribution in [0.5, 0.6) is 17.2 Å². The molecule has 2 heterocycles. The number of anilines is 1. The van der Waals surface area contributed by atoms with E-state index in [4.69, 9.17) is 21.1 Å². The Morgan fingerprint density at radius 3 is 2.33 bits per heavy atom. The molecule has 6 aromatic rings. The summed E-state index contributed by atoms with van der Waals surface area (Å²) in [7, 11) is 0. The van der Waals surface area contributed by atoms with Crippen LogP contribution in [-0.2, 0) is 21.9 Å². The minimum atomic E-state index is -1.01. The molecule has 7 rings (SSSR count). The van der Waals surface area contributed by atoms with E-state index in [0.717, 1.165) is 16.7 Å². The van der Waals surface area contributed by atoms with Crippen LogP contribution in [0.3, 0.4) is 0 Å². The van der Waals surface area contributed by atoms with Crippen LogP contribution in [0.4, 0.5) is 5.13 Å². The second-order valence-electron chi connectivity index (χ2n) is 11.7. The van der Waals surface area contributed by atoms with E-state index < -0.39 is 17.7 Å². The van der Waals surface area contributed by atoms with Crippen LogP contribution >= 0.6 is 34.7 Å². The van der Waals surface area contributed by atoms with E-state index in [1.165, 1.54) is 28.0 Å². The van der Waals surface area contributed by atoms with Crippen LogP contribution in [0.2, 0.25) is 5.02 Å². The Morgan fingerprint density at radius 1 is 0.843 bits per heavy atom. The Labute approximate surface area is 308 Å². The predicted molar refractivity (Wildman–Crippen MR) is 201 cm³/mol. The van der Waals surface area contributed by atoms with E-state index in [1.54, 1.807) is 48.5 Å². The quantitative estimate of drug-likeness (QED) is 0.0462. The number of carbonyl (C=O) groups excluding carboxylic acids is 2. The molecule has 254 valence electrons. The molecule has 8 nitrogen and oxygen atoms in total. The van der Waals surface area contributed by atoms with Crippen LogP contribution < -0.4 is 14.4 Å². The van der Waals surface area contributed by atoms with Gasteiger partial charge in [0.05, 0.1) is 11.6 Å². The molecule has 1 amide bonds. The molecule has 0 saturated carbocycles. The van der Waals surface area contributed by atoms with Gasteiger partial charge in [-0.25, -0.2) is 0 Å². The molecule has 11 heteroatoms. The second-order valence-corrected chi connectivity index (χ2v) is 14.3. The monoisotopic (exact) mass is 731 g/mol. The average Bonchev–Trinajstić information content (AvgIpc) is 3.73. The molecule has 1 aromatic heterocycles. The molecule has 1 saturated heterocycles. The van der Waals surface area contributed by atoms with Gasteiger partial charge in [0.25, 0.3) is 5.78 Å². The number of aliphatic hydroxyl groups is 1. The average molecular weight is 732 g/mol. The zero-order chi connectivity index (χ0) is 35.3. The predicted octanol–water partition coefficient (Wildman–Crippen LogP) is 9.79. The summed E-state index contributed by atoms with van der Waals surface area (Å²) in [4.78, 5) is 29.0. The maximum atomic E-state index is 13.8. The fourth-order valence-electron chi connectivity index (χ4n) is 5.60. The number of halogens is 1. The summed E-state index contributed by atoms with van der Waals surface area (Å²) >= 11 is 8.69. The van der Waals surface area contributed by atoms with Crippen LogP contribution in [0.1, 0.15) is 33.9 Å². The molecule has 1 unspecified atom stereocenters. The maximum Gasteiger partial charge on any atom is 0.301 e. The summed E-state index contributed by atoms with van der Waals surface area (Å²) in [6.45, 7) is 2.41. The summed E-state index contributed by atoms with van der Waals surface area (Å²) in [5.41, 5.74) is 4.06. The van der Waals surface area contributed by atoms with Crippen LogP contribution in [0.25, 0.3) is 5.76 Å². The van der Waals surface area contributed by atoms with Gasteiger partial charge in [-0.3, -0.25) is 14.5 Å². The van der Waals surface area contributed by atoms with Gasteiger partial charge >= 0.3 is 5.91 Å². The highest BCUT2D eigenvalue weighted by atomic mass is 35.5. The first kappa shape index (κ1) is 34.0. The number of amides is 1. The largest absolute Gasteiger partial charge is 0.507 e. The van der Waals surface area contributed by atoms with Crippen LogP contribution in [0.15, 0.2) is 137 Å². The third-order valence-electron chi connectivity index (χ3n) is 8.26. The van der Waals surface area contributed by atoms with Crippen molar-refractivity contribution in [1.29, 1.82) is 0 Å². The number of aromatic nitrogens is 2. The lowest BCUT2D eigenvalue weighted by Crippen LogP contribution is -2.29. The Bertz CT molecular complexity index is 2220. The molecular weight excluding hydrogens is 702 g/mol. The zero-order valence-corrected chi connectivity index (χ0v) is 29.6. The van der Waals surface area contributed by atoms with E-state index in [1.807, 2.05) is 85.8 Å². The van der Waals surface area contributed by atoms with E-state index in [0.29, 0.717) is 50.1 Å². The summed E-state index contributed by atoms with van der Waals surface area (Å²) in [6, 6.07) is 37.6. The summed E-state index contributed by atoms with van der Waals surface area (Å²) in [6.07, 6.45) is 0. The van der Waals surface area contributed by atoms with Gasteiger partial charge in [-0.05, 0) is 89.8 Å². The van der Waals surface area contributed by atoms with Crippen molar-refractivity contribution >= 4 is 57.3 Å². The number of benzene rings is 5. The number of para-hydroxylation sites is 1. The molecule has 0 spiro atoms. The van der Waals surface area contributed by atoms with Crippen LogP contribution in [-0.4, -0.2) is 27.0 Å². The van der Waals surface area contributed by atoms with Gasteiger partial charge in [0, 0.05) is 16.3 Å². The van der Waals surface area contributed by atoms with Gasteiger partial charge in [0.15, 0.2) is 4.34 Å². The van der Waals surface area contributed by atoms with Crippen molar-refractivity contribution in [3.8, 4) is 17.2 Å². The number of thioether (sulfide) groups is 1. The van der Waals surface area contributed by atoms with Gasteiger partial charge < -0.3 is 14.6 Å². The van der Waals surface area contributed by atoms with Crippen molar-refractivity contribution in [3.63, 3.8) is 0 Å². The van der Waals surface area contributed by atoms with Crippen molar-refractivity contribution in [2.45, 2.75) is 29.7 Å². The first-order valence-electron chi connectivity index (χ1n) is 16.0. The number of hydrogen-bond donors (Lipinski definition) is 1. The van der Waals surface area contributed by atoms with Crippen molar-refractivity contribution < 1.29 is 24.2 Å². The fourth-order valence-corrected chi connectivity index (χ4v) is 7.55. The van der Waals surface area contributed by atoms with Crippen molar-refractivity contribution in [3.05, 3.63) is 166 Å². The van der Waals surface area contributed by atoms with Gasteiger partial charge in [0.1, 0.15) is 29.6 Å². The van der Waals surface area contributed by atoms with Crippen LogP contribution in [0, 0.1) is 6.92 Å². The standard InChI is InChI=1S/C40H30ClN3O5S2/c1-25-8-5-6-9-29(25)23-48-31-20-16-27(17-21-31)36(45)34-35(28-10-7-13-33(22-28)49-32-11-3-2-4-12-32)44(38(47)37(34)46)39-42-43-40(51-39)50-24-26-14-18-30(41)19-15-26/h2-22,35,45H,23-24H2,1H3. The Hall–Kier alpha value is -5.42. The summed E-state index contributed by atoms with van der Waals surface area (Å²) in [5.74, 6) is 0.350. The smallest absolute Gasteiger partial charge is 0.301 e. The molecular formula is C40H30ClN3O5S2. The molecule has 5 aromatic carbocycles. The highest BCUT2D eigenvalue weighted by Gasteiger charge is 2.48. The normalized spacial score (nSPS) is 15.3. The molecule has 1 fully saturated rings. The Balaban J connectivity index is 1.22. The number of rotatable bonds is 11. The van der Waals surface area contributed by atoms with Gasteiger partial charge in [-0.2, -0.15) is 0 Å². The molecule has 51 heavy (non-hydrogen) atoms. The third kappa shape index (κ3) is 7.68. The van der Waals surface area contributed by atoms with E-state index >= 15 is 0 Å². The first-order valence-corrected chi connectivity index (χ1v) is 18.1. The number of ketones is 1. The third-order valence-corrected chi connectivity index (χ3v) is 10.6. The number of Topliss-reactive ketones (excluding diaryl/α,β-unsaturated/α-hetero) is 1. The molecule has 1 N–H and O–H groups in total. The minimum Gasteiger partial charge on any atom is -0.507 e. The van der Waals surface area contributed by atoms with E-state index in [9.17, 15) is 14.7 Å². The SMILES string of the molecule is Cc1ccccc1COc1ccc(C(O)=C2C(=O)C(=O)N(c3nnc(SCc4ccc(Cl)cc4)s3)C2c2cccc(Oc3ccccc3)c2)cc1. The molecule has 1 aliphatic heterocycles. The number of ether oxygens (including phenoxy) is 2. The van der Waals surface area contributed by atoms with E-state index in [2.05, 4.69) is 10.2 Å². The number of aryl methyl sites for hydroxylation is 1. The Kier molecular flexibility index (Phi) is 10.2. The lowest BCUT2D eigenvalue weighted by Gasteiger charge is -2.23. The fraction of sp³-hybridized carbons (Fsp3) is 0.100. The lowest BCUT2D eigenvalue weighted by molar-refractivity contribution is -0.132. The molecule has 0 radical (unpaired) electrons. The minimum absolute atomic E-state index is 0.0731. The molecule has 1 atom stereocenters. The highest BCUT2D eigenvalue weighted by molar-refractivity contribution is 8.00. The summed E-state index contributed by atoms with van der Waals surface area (Å²) < 4.78 is 12.7. The van der Waals surface area contributed by atoms with Gasteiger partial charge in [0.2, 0.25) is 5.13 Å². The number of carbonyl (C=O) groups is 2. The molecule has 0 bridgehead atoms. The number of nitrogens with zero attached hydrogens (tertiary/aromatic N) is 3. The summed E-state index contributed by atoms with van der Waals surface area (Å²) in [5, 5.41) is 21.3. The van der Waals surface area contributed by atoms with E-state index in [-0.39, 0.29) is 16.5 Å². The van der Waals surface area contributed by atoms with Crippen molar-refractivity contribution in [2.24, 2.45) is 0 Å². The highest BCUT2D eigenvalue weighted by Crippen LogP contribution is 2.45. The lowest BCUT2D eigenvalue weighted by atomic mass is 9.95. The van der Waals surface area contributed by atoms with Crippen molar-refractivity contribution in [2.75, 3.05) is 4.90 Å². The molecule has 0 aliphatic carbocycles. The van der Waals surface area contributed by atoms with Gasteiger partial charge in [-0.1, -0.05) is 101 Å².